The zero-order valence-corrected chi connectivity index (χ0v) is 10.1. The lowest BCUT2D eigenvalue weighted by Crippen LogP contribution is -2.11. The number of esters is 1. The summed E-state index contributed by atoms with van der Waals surface area (Å²) in [6, 6.07) is 7.30. The van der Waals surface area contributed by atoms with Gasteiger partial charge in [0, 0.05) is 4.90 Å². The molecule has 0 saturated carbocycles. The molecule has 0 saturated heterocycles. The number of aliphatic hydroxyl groups excluding tert-OH is 1. The van der Waals surface area contributed by atoms with E-state index in [0.29, 0.717) is 5.56 Å². The summed E-state index contributed by atoms with van der Waals surface area (Å²) in [7, 11) is 1.26. The number of ether oxygens (including phenoxy) is 1. The Kier molecular flexibility index (Phi) is 4.58. The van der Waals surface area contributed by atoms with Crippen LogP contribution in [0.2, 0.25) is 0 Å². The topological polar surface area (TPSA) is 46.5 Å². The van der Waals surface area contributed by atoms with Crippen LogP contribution >= 0.6 is 11.8 Å². The van der Waals surface area contributed by atoms with Crippen LogP contribution in [0.3, 0.4) is 0 Å². The zero-order chi connectivity index (χ0) is 12.1. The van der Waals surface area contributed by atoms with Crippen LogP contribution in [0.1, 0.15) is 11.7 Å². The smallest absolute Gasteiger partial charge is 0.336 e. The largest absolute Gasteiger partial charge is 0.466 e. The van der Waals surface area contributed by atoms with Gasteiger partial charge in [0.25, 0.3) is 0 Å². The van der Waals surface area contributed by atoms with Gasteiger partial charge in [0.15, 0.2) is 0 Å². The SMILES string of the molecule is C=C(C(=O)OC)[C@@H](O)c1ccc(SC)cc1. The predicted molar refractivity (Wildman–Crippen MR) is 64.3 cm³/mol. The normalized spacial score (nSPS) is 11.9. The third-order valence-electron chi connectivity index (χ3n) is 2.21. The number of rotatable bonds is 4. The highest BCUT2D eigenvalue weighted by atomic mass is 32.2. The van der Waals surface area contributed by atoms with Crippen LogP contribution in [0, 0.1) is 0 Å². The summed E-state index contributed by atoms with van der Waals surface area (Å²) in [5, 5.41) is 9.85. The van der Waals surface area contributed by atoms with Gasteiger partial charge in [-0.1, -0.05) is 18.7 Å². The Hall–Kier alpha value is -1.26. The number of carbonyl (C=O) groups is 1. The molecule has 0 unspecified atom stereocenters. The molecule has 1 rings (SSSR count). The monoisotopic (exact) mass is 238 g/mol. The summed E-state index contributed by atoms with van der Waals surface area (Å²) in [5.41, 5.74) is 0.674. The number of aliphatic hydroxyl groups is 1. The molecule has 1 atom stereocenters. The minimum absolute atomic E-state index is 0.0411. The van der Waals surface area contributed by atoms with Crippen molar-refractivity contribution in [2.45, 2.75) is 11.0 Å². The molecule has 1 N–H and O–H groups in total. The van der Waals surface area contributed by atoms with E-state index in [1.165, 1.54) is 7.11 Å². The first-order valence-electron chi connectivity index (χ1n) is 4.69. The number of carbonyl (C=O) groups excluding carboxylic acids is 1. The molecule has 4 heteroatoms. The van der Waals surface area contributed by atoms with Crippen molar-refractivity contribution in [3.8, 4) is 0 Å². The van der Waals surface area contributed by atoms with Crippen molar-refractivity contribution in [1.29, 1.82) is 0 Å². The fourth-order valence-corrected chi connectivity index (χ4v) is 1.64. The maximum absolute atomic E-state index is 11.2. The first-order valence-corrected chi connectivity index (χ1v) is 5.91. The number of benzene rings is 1. The second-order valence-corrected chi connectivity index (χ2v) is 4.07. The molecule has 1 aromatic carbocycles. The van der Waals surface area contributed by atoms with Crippen LogP contribution in [0.15, 0.2) is 41.3 Å². The minimum atomic E-state index is -1.01. The van der Waals surface area contributed by atoms with Crippen molar-refractivity contribution >= 4 is 17.7 Å². The molecule has 0 heterocycles. The standard InChI is InChI=1S/C12H14O3S/c1-8(12(14)15-2)11(13)9-4-6-10(16-3)7-5-9/h4-7,11,13H,1H2,2-3H3/t11-/m1/s1. The van der Waals surface area contributed by atoms with Gasteiger partial charge in [0.1, 0.15) is 6.10 Å². The molecule has 0 aliphatic heterocycles. The summed E-state index contributed by atoms with van der Waals surface area (Å²) >= 11 is 1.61. The van der Waals surface area contributed by atoms with E-state index in [9.17, 15) is 9.90 Å². The minimum Gasteiger partial charge on any atom is -0.466 e. The molecule has 16 heavy (non-hydrogen) atoms. The first kappa shape index (κ1) is 12.8. The highest BCUT2D eigenvalue weighted by molar-refractivity contribution is 7.98. The quantitative estimate of drug-likeness (QED) is 0.496. The van der Waals surface area contributed by atoms with E-state index in [1.54, 1.807) is 23.9 Å². The molecule has 0 fully saturated rings. The summed E-state index contributed by atoms with van der Waals surface area (Å²) in [5.74, 6) is -0.596. The van der Waals surface area contributed by atoms with Gasteiger partial charge in [-0.25, -0.2) is 4.79 Å². The molecule has 1 aromatic rings. The van der Waals surface area contributed by atoms with Gasteiger partial charge in [-0.15, -0.1) is 11.8 Å². The Morgan fingerprint density at radius 2 is 2.00 bits per heavy atom. The van der Waals surface area contributed by atoms with Gasteiger partial charge < -0.3 is 9.84 Å². The van der Waals surface area contributed by atoms with Gasteiger partial charge in [-0.3, -0.25) is 0 Å². The van der Waals surface area contributed by atoms with Crippen LogP contribution < -0.4 is 0 Å². The number of methoxy groups -OCH3 is 1. The zero-order valence-electron chi connectivity index (χ0n) is 9.27. The Morgan fingerprint density at radius 1 is 1.44 bits per heavy atom. The lowest BCUT2D eigenvalue weighted by Gasteiger charge is -2.12. The summed E-state index contributed by atoms with van der Waals surface area (Å²) < 4.78 is 4.50. The van der Waals surface area contributed by atoms with E-state index in [0.717, 1.165) is 4.90 Å². The van der Waals surface area contributed by atoms with Crippen molar-refractivity contribution in [2.75, 3.05) is 13.4 Å². The molecule has 0 bridgehead atoms. The first-order chi connectivity index (χ1) is 7.60. The van der Waals surface area contributed by atoms with Crippen LogP contribution in [-0.2, 0) is 9.53 Å². The molecule has 86 valence electrons. The molecule has 3 nitrogen and oxygen atoms in total. The molecule has 0 aliphatic rings. The Labute approximate surface area is 99.1 Å². The van der Waals surface area contributed by atoms with Crippen LogP contribution in [0.5, 0.6) is 0 Å². The van der Waals surface area contributed by atoms with Crippen molar-refractivity contribution in [1.82, 2.24) is 0 Å². The van der Waals surface area contributed by atoms with Gasteiger partial charge >= 0.3 is 5.97 Å². The number of thioether (sulfide) groups is 1. The van der Waals surface area contributed by atoms with Crippen LogP contribution in [-0.4, -0.2) is 24.4 Å². The van der Waals surface area contributed by atoms with Crippen LogP contribution in [0.25, 0.3) is 0 Å². The lowest BCUT2D eigenvalue weighted by atomic mass is 10.0. The maximum Gasteiger partial charge on any atom is 0.336 e. The molecule has 0 spiro atoms. The van der Waals surface area contributed by atoms with Crippen molar-refractivity contribution in [2.24, 2.45) is 0 Å². The van der Waals surface area contributed by atoms with Crippen LogP contribution in [0.4, 0.5) is 0 Å². The second-order valence-electron chi connectivity index (χ2n) is 3.19. The molecular formula is C12H14O3S. The number of hydrogen-bond acceptors (Lipinski definition) is 4. The van der Waals surface area contributed by atoms with Gasteiger partial charge in [0.2, 0.25) is 0 Å². The Bertz CT molecular complexity index is 384. The maximum atomic E-state index is 11.2. The average molecular weight is 238 g/mol. The van der Waals surface area contributed by atoms with Crippen molar-refractivity contribution < 1.29 is 14.6 Å². The fraction of sp³-hybridized carbons (Fsp3) is 0.250. The van der Waals surface area contributed by atoms with E-state index in [1.807, 2.05) is 18.4 Å². The lowest BCUT2D eigenvalue weighted by molar-refractivity contribution is -0.137. The fourth-order valence-electron chi connectivity index (χ4n) is 1.23. The summed E-state index contributed by atoms with van der Waals surface area (Å²) in [6.45, 7) is 3.51. The average Bonchev–Trinajstić information content (AvgIpc) is 2.36. The Balaban J connectivity index is 2.83. The van der Waals surface area contributed by atoms with Crippen molar-refractivity contribution in [3.63, 3.8) is 0 Å². The molecule has 0 aliphatic carbocycles. The van der Waals surface area contributed by atoms with E-state index < -0.39 is 12.1 Å². The number of hydrogen-bond donors (Lipinski definition) is 1. The molecule has 0 radical (unpaired) electrons. The Morgan fingerprint density at radius 3 is 2.44 bits per heavy atom. The van der Waals surface area contributed by atoms with E-state index in [4.69, 9.17) is 0 Å². The highest BCUT2D eigenvalue weighted by Gasteiger charge is 2.18. The second kappa shape index (κ2) is 5.72. The van der Waals surface area contributed by atoms with Gasteiger partial charge in [-0.2, -0.15) is 0 Å². The molecule has 0 amide bonds. The van der Waals surface area contributed by atoms with E-state index >= 15 is 0 Å². The molecule has 0 aromatic heterocycles. The highest BCUT2D eigenvalue weighted by Crippen LogP contribution is 2.23. The van der Waals surface area contributed by atoms with E-state index in [-0.39, 0.29) is 5.57 Å². The van der Waals surface area contributed by atoms with Crippen molar-refractivity contribution in [3.05, 3.63) is 42.0 Å². The summed E-state index contributed by atoms with van der Waals surface area (Å²) in [4.78, 5) is 12.3. The molecular weight excluding hydrogens is 224 g/mol. The van der Waals surface area contributed by atoms with Gasteiger partial charge in [-0.05, 0) is 24.0 Å². The van der Waals surface area contributed by atoms with E-state index in [2.05, 4.69) is 11.3 Å². The third kappa shape index (κ3) is 2.87. The predicted octanol–water partition coefficient (Wildman–Crippen LogP) is 2.17. The summed E-state index contributed by atoms with van der Waals surface area (Å²) in [6.07, 6.45) is 0.960. The third-order valence-corrected chi connectivity index (χ3v) is 2.95. The van der Waals surface area contributed by atoms with Gasteiger partial charge in [0.05, 0.1) is 12.7 Å².